The van der Waals surface area contributed by atoms with Crippen LogP contribution in [-0.2, 0) is 0 Å². The molecule has 0 saturated carbocycles. The van der Waals surface area contributed by atoms with Crippen LogP contribution in [0.3, 0.4) is 0 Å². The third-order valence-corrected chi connectivity index (χ3v) is 1.67. The van der Waals surface area contributed by atoms with Crippen molar-refractivity contribution in [1.82, 2.24) is 4.90 Å². The zero-order valence-corrected chi connectivity index (χ0v) is 5.26. The van der Waals surface area contributed by atoms with Crippen LogP contribution in [0.1, 0.15) is 0 Å². The molecule has 5 heteroatoms. The quantitative estimate of drug-likeness (QED) is 0.537. The van der Waals surface area contributed by atoms with E-state index in [2.05, 4.69) is 0 Å². The third kappa shape index (κ3) is 1.29. The minimum atomic E-state index is -1.04. The van der Waals surface area contributed by atoms with Gasteiger partial charge in [-0.1, -0.05) is 11.8 Å². The van der Waals surface area contributed by atoms with Crippen molar-refractivity contribution >= 4 is 17.9 Å². The summed E-state index contributed by atoms with van der Waals surface area (Å²) in [5.41, 5.74) is 0. The molecule has 50 valence electrons. The van der Waals surface area contributed by atoms with E-state index < -0.39 is 6.09 Å². The van der Waals surface area contributed by atoms with E-state index >= 15 is 0 Å². The molecule has 0 spiro atoms. The summed E-state index contributed by atoms with van der Waals surface area (Å²) in [6, 6.07) is 0. The second kappa shape index (κ2) is 2.18. The minimum absolute atomic E-state index is 0.0531. The fourth-order valence-electron chi connectivity index (χ4n) is 0.454. The fourth-order valence-corrected chi connectivity index (χ4v) is 1.11. The molecule has 2 N–H and O–H groups in total. The summed E-state index contributed by atoms with van der Waals surface area (Å²) >= 11 is 1.10. The van der Waals surface area contributed by atoms with Crippen LogP contribution in [0.5, 0.6) is 0 Å². The van der Waals surface area contributed by atoms with Crippen molar-refractivity contribution in [3.8, 4) is 0 Å². The van der Waals surface area contributed by atoms with E-state index in [9.17, 15) is 4.79 Å². The van der Waals surface area contributed by atoms with Crippen LogP contribution in [-0.4, -0.2) is 27.1 Å². The molecular formula is C4H5NO3S. The molecule has 1 rings (SSSR count). The molecule has 0 saturated heterocycles. The number of carboxylic acid groups (broad SMARTS) is 1. The largest absolute Gasteiger partial charge is 0.501 e. The highest BCUT2D eigenvalue weighted by Gasteiger charge is 2.16. The fraction of sp³-hybridized carbons (Fsp3) is 0.250. The van der Waals surface area contributed by atoms with Gasteiger partial charge in [-0.15, -0.1) is 0 Å². The average Bonchev–Trinajstić information content (AvgIpc) is 2.14. The number of aliphatic hydroxyl groups is 1. The van der Waals surface area contributed by atoms with Crippen LogP contribution < -0.4 is 0 Å². The van der Waals surface area contributed by atoms with Gasteiger partial charge >= 0.3 is 6.09 Å². The van der Waals surface area contributed by atoms with Crippen LogP contribution >= 0.6 is 11.8 Å². The van der Waals surface area contributed by atoms with E-state index in [1.165, 1.54) is 6.20 Å². The maximum Gasteiger partial charge on any atom is 0.412 e. The van der Waals surface area contributed by atoms with E-state index in [1.807, 2.05) is 0 Å². The summed E-state index contributed by atoms with van der Waals surface area (Å²) in [5, 5.41) is 17.0. The van der Waals surface area contributed by atoms with E-state index in [-0.39, 0.29) is 5.09 Å². The van der Waals surface area contributed by atoms with Gasteiger partial charge in [-0.3, -0.25) is 4.90 Å². The first-order valence-electron chi connectivity index (χ1n) is 2.23. The van der Waals surface area contributed by atoms with E-state index in [0.717, 1.165) is 16.7 Å². The number of thioether (sulfide) groups is 1. The Morgan fingerprint density at radius 2 is 2.56 bits per heavy atom. The molecule has 0 fully saturated rings. The highest BCUT2D eigenvalue weighted by atomic mass is 32.2. The van der Waals surface area contributed by atoms with Crippen LogP contribution in [0.2, 0.25) is 0 Å². The second-order valence-electron chi connectivity index (χ2n) is 1.49. The lowest BCUT2D eigenvalue weighted by Gasteiger charge is -2.03. The number of amides is 1. The maximum absolute atomic E-state index is 10.1. The van der Waals surface area contributed by atoms with Crippen molar-refractivity contribution < 1.29 is 15.0 Å². The van der Waals surface area contributed by atoms with E-state index in [0.29, 0.717) is 5.88 Å². The lowest BCUT2D eigenvalue weighted by atomic mass is 10.8. The molecule has 1 amide bonds. The Morgan fingerprint density at radius 3 is 2.78 bits per heavy atom. The Hall–Kier alpha value is -0.840. The molecule has 0 radical (unpaired) electrons. The molecule has 1 aliphatic rings. The van der Waals surface area contributed by atoms with Crippen molar-refractivity contribution in [3.63, 3.8) is 0 Å². The van der Waals surface area contributed by atoms with Crippen LogP contribution in [0.25, 0.3) is 0 Å². The zero-order chi connectivity index (χ0) is 6.85. The van der Waals surface area contributed by atoms with E-state index in [4.69, 9.17) is 10.2 Å². The highest BCUT2D eigenvalue weighted by molar-refractivity contribution is 8.03. The standard InChI is InChI=1S/C4H5NO3S/c6-3-1-5(2-9-3)4(7)8/h1,6H,2H2,(H,7,8). The first-order chi connectivity index (χ1) is 4.20. The molecule has 0 bridgehead atoms. The number of carbonyl (C=O) groups is 1. The summed E-state index contributed by atoms with van der Waals surface area (Å²) in [7, 11) is 0. The molecule has 9 heavy (non-hydrogen) atoms. The smallest absolute Gasteiger partial charge is 0.412 e. The first-order valence-corrected chi connectivity index (χ1v) is 3.22. The van der Waals surface area contributed by atoms with Crippen LogP contribution in [0.4, 0.5) is 4.79 Å². The number of aliphatic hydroxyl groups excluding tert-OH is 1. The Balaban J connectivity index is 2.57. The van der Waals surface area contributed by atoms with Gasteiger partial charge in [0.25, 0.3) is 0 Å². The summed E-state index contributed by atoms with van der Waals surface area (Å²) < 4.78 is 0. The van der Waals surface area contributed by atoms with Crippen LogP contribution in [0, 0.1) is 0 Å². The number of hydrogen-bond donors (Lipinski definition) is 2. The van der Waals surface area contributed by atoms with Gasteiger partial charge in [-0.05, 0) is 0 Å². The Morgan fingerprint density at radius 1 is 1.89 bits per heavy atom. The van der Waals surface area contributed by atoms with Gasteiger partial charge in [0.1, 0.15) is 0 Å². The van der Waals surface area contributed by atoms with Crippen molar-refractivity contribution in [1.29, 1.82) is 0 Å². The molecule has 0 aromatic heterocycles. The molecule has 0 aromatic rings. The summed E-state index contributed by atoms with van der Waals surface area (Å²) in [4.78, 5) is 11.1. The molecule has 0 aromatic carbocycles. The van der Waals surface area contributed by atoms with Gasteiger partial charge in [0.15, 0.2) is 5.09 Å². The second-order valence-corrected chi connectivity index (χ2v) is 2.46. The van der Waals surface area contributed by atoms with E-state index in [1.54, 1.807) is 0 Å². The van der Waals surface area contributed by atoms with Crippen molar-refractivity contribution in [2.24, 2.45) is 0 Å². The minimum Gasteiger partial charge on any atom is -0.501 e. The third-order valence-electron chi connectivity index (χ3n) is 0.863. The van der Waals surface area contributed by atoms with Crippen molar-refractivity contribution in [2.45, 2.75) is 0 Å². The average molecular weight is 147 g/mol. The summed E-state index contributed by atoms with van der Waals surface area (Å²) in [5.74, 6) is 0.293. The normalized spacial score (nSPS) is 17.8. The Bertz CT molecular complexity index is 167. The summed E-state index contributed by atoms with van der Waals surface area (Å²) in [6.45, 7) is 0. The maximum atomic E-state index is 10.1. The lowest BCUT2D eigenvalue weighted by Crippen LogP contribution is -2.19. The number of hydrogen-bond acceptors (Lipinski definition) is 3. The Kier molecular flexibility index (Phi) is 1.52. The molecule has 0 unspecified atom stereocenters. The topological polar surface area (TPSA) is 60.8 Å². The zero-order valence-electron chi connectivity index (χ0n) is 4.44. The summed E-state index contributed by atoms with van der Waals surface area (Å²) in [6.07, 6.45) is 0.152. The number of nitrogens with zero attached hydrogens (tertiary/aromatic N) is 1. The van der Waals surface area contributed by atoms with Gasteiger partial charge in [0, 0.05) is 0 Å². The highest BCUT2D eigenvalue weighted by Crippen LogP contribution is 2.21. The molecule has 4 nitrogen and oxygen atoms in total. The first kappa shape index (κ1) is 6.28. The number of rotatable bonds is 0. The SMILES string of the molecule is O=C(O)N1C=C(O)SC1. The predicted octanol–water partition coefficient (Wildman–Crippen LogP) is 1.03. The lowest BCUT2D eigenvalue weighted by molar-refractivity contribution is 0.169. The molecule has 1 heterocycles. The van der Waals surface area contributed by atoms with Gasteiger partial charge in [0.05, 0.1) is 12.1 Å². The van der Waals surface area contributed by atoms with Gasteiger partial charge in [-0.25, -0.2) is 4.79 Å². The van der Waals surface area contributed by atoms with Crippen molar-refractivity contribution in [3.05, 3.63) is 11.3 Å². The molecular weight excluding hydrogens is 142 g/mol. The molecule has 0 atom stereocenters. The van der Waals surface area contributed by atoms with Gasteiger partial charge in [-0.2, -0.15) is 0 Å². The monoisotopic (exact) mass is 147 g/mol. The van der Waals surface area contributed by atoms with Gasteiger partial charge in [0.2, 0.25) is 0 Å². The van der Waals surface area contributed by atoms with Crippen LogP contribution in [0.15, 0.2) is 11.3 Å². The van der Waals surface area contributed by atoms with Crippen molar-refractivity contribution in [2.75, 3.05) is 5.88 Å². The van der Waals surface area contributed by atoms with Gasteiger partial charge < -0.3 is 10.2 Å². The Labute approximate surface area is 55.8 Å². The predicted molar refractivity (Wildman–Crippen MR) is 33.0 cm³/mol. The molecule has 1 aliphatic heterocycles. The molecule has 0 aliphatic carbocycles.